The Morgan fingerprint density at radius 2 is 1.62 bits per heavy atom. The number of hydrogen-bond donors (Lipinski definition) is 1. The molecule has 1 amide bonds. The predicted molar refractivity (Wildman–Crippen MR) is 150 cm³/mol. The topological polar surface area (TPSA) is 88.6 Å². The Labute approximate surface area is 231 Å². The number of para-hydroxylation sites is 2. The van der Waals surface area contributed by atoms with Crippen molar-refractivity contribution in [3.63, 3.8) is 0 Å². The molecule has 4 unspecified atom stereocenters. The number of ether oxygens (including phenoxy) is 1. The number of amides is 1. The van der Waals surface area contributed by atoms with Crippen molar-refractivity contribution in [3.8, 4) is 5.75 Å². The first-order valence-electron chi connectivity index (χ1n) is 13.1. The molecule has 1 spiro atoms. The maximum atomic E-state index is 14.7. The second kappa shape index (κ2) is 9.02. The van der Waals surface area contributed by atoms with Gasteiger partial charge in [-0.2, -0.15) is 0 Å². The Morgan fingerprint density at radius 3 is 2.45 bits per heavy atom. The number of pyridine rings is 1. The van der Waals surface area contributed by atoms with E-state index in [-0.39, 0.29) is 17.5 Å². The maximum Gasteiger partial charge on any atom is 0.238 e. The van der Waals surface area contributed by atoms with Crippen molar-refractivity contribution in [2.24, 2.45) is 5.92 Å². The molecule has 7 rings (SSSR count). The standard InChI is InChI=1S/C33H25N3O4/c1-40-26-13-7-4-10-23(26)30(38)28-27(29(37)21-14-17-34-18-15-21)33(24-11-5-6-12-25(24)35-32(33)39)31-22-9-3-2-8-20(22)16-19-36(28)31/h2-19,27-28,31H,1H3,(H,35,39). The van der Waals surface area contributed by atoms with E-state index in [1.54, 1.807) is 48.8 Å². The number of anilines is 1. The predicted octanol–water partition coefficient (Wildman–Crippen LogP) is 5.07. The number of nitrogens with zero attached hydrogens (tertiary/aromatic N) is 2. The van der Waals surface area contributed by atoms with Crippen LogP contribution in [0.15, 0.2) is 104 Å². The molecule has 3 aromatic carbocycles. The highest BCUT2D eigenvalue weighted by atomic mass is 16.5. The highest BCUT2D eigenvalue weighted by Gasteiger charge is 2.70. The van der Waals surface area contributed by atoms with E-state index in [1.807, 2.05) is 65.7 Å². The molecule has 3 aliphatic rings. The van der Waals surface area contributed by atoms with Gasteiger partial charge >= 0.3 is 0 Å². The van der Waals surface area contributed by atoms with E-state index in [1.165, 1.54) is 7.11 Å². The molecular weight excluding hydrogens is 502 g/mol. The normalized spacial score (nSPS) is 23.8. The molecule has 0 saturated carbocycles. The number of methoxy groups -OCH3 is 1. The molecule has 196 valence electrons. The fourth-order valence-electron chi connectivity index (χ4n) is 6.87. The van der Waals surface area contributed by atoms with E-state index < -0.39 is 23.4 Å². The lowest BCUT2D eigenvalue weighted by Gasteiger charge is -2.38. The highest BCUT2D eigenvalue weighted by molar-refractivity contribution is 6.17. The average Bonchev–Trinajstić information content (AvgIpc) is 3.49. The molecule has 1 fully saturated rings. The summed E-state index contributed by atoms with van der Waals surface area (Å²) >= 11 is 0. The molecule has 4 atom stereocenters. The number of ketones is 2. The summed E-state index contributed by atoms with van der Waals surface area (Å²) in [5.41, 5.74) is 2.57. The van der Waals surface area contributed by atoms with Crippen molar-refractivity contribution < 1.29 is 19.1 Å². The summed E-state index contributed by atoms with van der Waals surface area (Å²) in [6.45, 7) is 0. The first-order chi connectivity index (χ1) is 19.6. The Kier molecular flexibility index (Phi) is 5.42. The first kappa shape index (κ1) is 24.0. The molecule has 4 aromatic rings. The van der Waals surface area contributed by atoms with Gasteiger partial charge in [0.2, 0.25) is 5.91 Å². The van der Waals surface area contributed by atoms with Crippen LogP contribution < -0.4 is 10.1 Å². The van der Waals surface area contributed by atoms with Gasteiger partial charge in [-0.3, -0.25) is 19.4 Å². The molecule has 40 heavy (non-hydrogen) atoms. The fourth-order valence-corrected chi connectivity index (χ4v) is 6.87. The molecule has 1 aromatic heterocycles. The van der Waals surface area contributed by atoms with Crippen LogP contribution >= 0.6 is 0 Å². The van der Waals surface area contributed by atoms with E-state index in [0.29, 0.717) is 28.1 Å². The van der Waals surface area contributed by atoms with Crippen LogP contribution in [0.4, 0.5) is 5.69 Å². The third kappa shape index (κ3) is 3.18. The van der Waals surface area contributed by atoms with Crippen molar-refractivity contribution in [2.75, 3.05) is 12.4 Å². The molecule has 1 N–H and O–H groups in total. The molecule has 0 radical (unpaired) electrons. The number of aromatic nitrogens is 1. The van der Waals surface area contributed by atoms with Gasteiger partial charge in [-0.25, -0.2) is 0 Å². The Hall–Kier alpha value is -5.04. The highest BCUT2D eigenvalue weighted by Crippen LogP contribution is 2.62. The summed E-state index contributed by atoms with van der Waals surface area (Å²) in [4.78, 5) is 49.8. The third-order valence-electron chi connectivity index (χ3n) is 8.46. The van der Waals surface area contributed by atoms with Crippen molar-refractivity contribution in [2.45, 2.75) is 17.5 Å². The summed E-state index contributed by atoms with van der Waals surface area (Å²) in [5.74, 6) is -1.50. The largest absolute Gasteiger partial charge is 0.496 e. The Balaban J connectivity index is 1.55. The monoisotopic (exact) mass is 527 g/mol. The van der Waals surface area contributed by atoms with Gasteiger partial charge < -0.3 is 15.0 Å². The second-order valence-electron chi connectivity index (χ2n) is 10.3. The SMILES string of the molecule is COc1ccccc1C(=O)C1C(C(=O)c2ccncc2)C2(C(=O)Nc3ccccc32)C2c3ccccc3C=CN12. The van der Waals surface area contributed by atoms with E-state index in [2.05, 4.69) is 10.3 Å². The molecule has 0 bridgehead atoms. The molecule has 4 heterocycles. The van der Waals surface area contributed by atoms with Crippen LogP contribution in [0.3, 0.4) is 0 Å². The van der Waals surface area contributed by atoms with Gasteiger partial charge in [0.1, 0.15) is 17.2 Å². The summed E-state index contributed by atoms with van der Waals surface area (Å²) in [6.07, 6.45) is 6.91. The zero-order valence-corrected chi connectivity index (χ0v) is 21.7. The molecular formula is C33H25N3O4. The van der Waals surface area contributed by atoms with Crippen LogP contribution in [0.1, 0.15) is 43.4 Å². The van der Waals surface area contributed by atoms with Crippen molar-refractivity contribution in [1.82, 2.24) is 9.88 Å². The summed E-state index contributed by atoms with van der Waals surface area (Å²) in [6, 6.07) is 24.0. The number of benzene rings is 3. The van der Waals surface area contributed by atoms with Gasteiger partial charge in [-0.05, 0) is 53.1 Å². The molecule has 7 nitrogen and oxygen atoms in total. The minimum Gasteiger partial charge on any atom is -0.496 e. The van der Waals surface area contributed by atoms with Crippen LogP contribution in [0.2, 0.25) is 0 Å². The number of carbonyl (C=O) groups excluding carboxylic acids is 3. The lowest BCUT2D eigenvalue weighted by atomic mass is 9.62. The van der Waals surface area contributed by atoms with Gasteiger partial charge in [-0.15, -0.1) is 0 Å². The zero-order chi connectivity index (χ0) is 27.4. The number of hydrogen-bond acceptors (Lipinski definition) is 6. The van der Waals surface area contributed by atoms with Crippen molar-refractivity contribution >= 4 is 29.2 Å². The molecule has 0 aliphatic carbocycles. The first-order valence-corrected chi connectivity index (χ1v) is 13.1. The van der Waals surface area contributed by atoms with Crippen molar-refractivity contribution in [3.05, 3.63) is 131 Å². The van der Waals surface area contributed by atoms with Crippen LogP contribution in [0.25, 0.3) is 6.08 Å². The smallest absolute Gasteiger partial charge is 0.238 e. The number of carbonyl (C=O) groups is 3. The minimum absolute atomic E-state index is 0.284. The van der Waals surface area contributed by atoms with Crippen LogP contribution in [0, 0.1) is 5.92 Å². The number of Topliss-reactive ketones (excluding diaryl/α,β-unsaturated/α-hetero) is 2. The van der Waals surface area contributed by atoms with Gasteiger partial charge in [0.25, 0.3) is 0 Å². The van der Waals surface area contributed by atoms with Gasteiger partial charge in [-0.1, -0.05) is 54.6 Å². The Bertz CT molecular complexity index is 1720. The van der Waals surface area contributed by atoms with Gasteiger partial charge in [0, 0.05) is 29.8 Å². The molecule has 1 saturated heterocycles. The van der Waals surface area contributed by atoms with E-state index >= 15 is 0 Å². The van der Waals surface area contributed by atoms with E-state index in [0.717, 1.165) is 11.1 Å². The number of rotatable bonds is 5. The quantitative estimate of drug-likeness (QED) is 0.365. The molecule has 3 aliphatic heterocycles. The van der Waals surface area contributed by atoms with Gasteiger partial charge in [0.15, 0.2) is 11.6 Å². The van der Waals surface area contributed by atoms with Gasteiger partial charge in [0.05, 0.1) is 24.6 Å². The van der Waals surface area contributed by atoms with Crippen LogP contribution in [-0.4, -0.2) is 40.5 Å². The third-order valence-corrected chi connectivity index (χ3v) is 8.46. The summed E-state index contributed by atoms with van der Waals surface area (Å²) in [7, 11) is 1.52. The lowest BCUT2D eigenvalue weighted by Crippen LogP contribution is -2.49. The minimum atomic E-state index is -1.37. The molecule has 7 heteroatoms. The fraction of sp³-hybridized carbons (Fsp3) is 0.152. The van der Waals surface area contributed by atoms with E-state index in [4.69, 9.17) is 4.74 Å². The number of nitrogens with one attached hydrogen (secondary N) is 1. The summed E-state index contributed by atoms with van der Waals surface area (Å²) in [5, 5.41) is 3.06. The second-order valence-corrected chi connectivity index (χ2v) is 10.3. The lowest BCUT2D eigenvalue weighted by molar-refractivity contribution is -0.122. The maximum absolute atomic E-state index is 14.7. The van der Waals surface area contributed by atoms with E-state index in [9.17, 15) is 14.4 Å². The Morgan fingerprint density at radius 1 is 0.900 bits per heavy atom. The van der Waals surface area contributed by atoms with Crippen molar-refractivity contribution in [1.29, 1.82) is 0 Å². The van der Waals surface area contributed by atoms with Crippen LogP contribution in [0.5, 0.6) is 5.75 Å². The zero-order valence-electron chi connectivity index (χ0n) is 21.7. The summed E-state index contributed by atoms with van der Waals surface area (Å²) < 4.78 is 5.56. The van der Waals surface area contributed by atoms with Crippen LogP contribution in [-0.2, 0) is 10.2 Å². The average molecular weight is 528 g/mol. The number of fused-ring (bicyclic) bond motifs is 6.